The fourth-order valence-electron chi connectivity index (χ4n) is 4.86. The van der Waals surface area contributed by atoms with Gasteiger partial charge in [0.05, 0.1) is 5.69 Å². The molecule has 1 saturated heterocycles. The number of nitrogens with zero attached hydrogens (tertiary/aromatic N) is 3. The molecule has 1 unspecified atom stereocenters. The highest BCUT2D eigenvalue weighted by Crippen LogP contribution is 2.33. The molecule has 2 aliphatic rings. The van der Waals surface area contributed by atoms with Gasteiger partial charge in [-0.3, -0.25) is 4.79 Å². The number of hydrogen-bond acceptors (Lipinski definition) is 3. The second kappa shape index (κ2) is 7.72. The smallest absolute Gasteiger partial charge is 0.348 e. The van der Waals surface area contributed by atoms with E-state index in [0.717, 1.165) is 47.8 Å². The molecule has 0 spiro atoms. The van der Waals surface area contributed by atoms with Crippen LogP contribution in [0.4, 0.5) is 4.39 Å². The Morgan fingerprint density at radius 1 is 1.09 bits per heavy atom. The molecule has 0 radical (unpaired) electrons. The number of benzene rings is 2. The molecule has 1 aliphatic heterocycles. The summed E-state index contributed by atoms with van der Waals surface area (Å²) in [6.07, 6.45) is 5.23. The highest BCUT2D eigenvalue weighted by molar-refractivity contribution is 5.85. The predicted octanol–water partition coefficient (Wildman–Crippen LogP) is 3.65. The van der Waals surface area contributed by atoms with Gasteiger partial charge in [0.15, 0.2) is 0 Å². The van der Waals surface area contributed by atoms with Gasteiger partial charge in [-0.05, 0) is 72.0 Å². The van der Waals surface area contributed by atoms with Crippen LogP contribution >= 0.6 is 0 Å². The minimum absolute atomic E-state index is 0.180. The molecule has 33 heavy (non-hydrogen) atoms. The molecule has 2 fully saturated rings. The first-order valence-electron chi connectivity index (χ1n) is 11.4. The molecule has 0 bridgehead atoms. The lowest BCUT2D eigenvalue weighted by Crippen LogP contribution is -2.30. The zero-order valence-electron chi connectivity index (χ0n) is 18.1. The quantitative estimate of drug-likeness (QED) is 0.492. The van der Waals surface area contributed by atoms with Gasteiger partial charge < -0.3 is 9.88 Å². The van der Waals surface area contributed by atoms with E-state index in [2.05, 4.69) is 15.2 Å². The zero-order chi connectivity index (χ0) is 22.5. The number of fused-ring (bicyclic) bond motifs is 1. The maximum atomic E-state index is 15.2. The van der Waals surface area contributed by atoms with Crippen molar-refractivity contribution in [3.8, 4) is 16.8 Å². The number of aromatic nitrogens is 4. The first-order chi connectivity index (χ1) is 16.1. The van der Waals surface area contributed by atoms with E-state index in [4.69, 9.17) is 0 Å². The summed E-state index contributed by atoms with van der Waals surface area (Å²) in [4.78, 5) is 29.9. The number of H-pyrrole nitrogens is 2. The Morgan fingerprint density at radius 2 is 1.91 bits per heavy atom. The number of carbonyl (C=O) groups excluding carboxylic acids is 1. The van der Waals surface area contributed by atoms with Crippen molar-refractivity contribution in [1.29, 1.82) is 0 Å². The molecule has 168 valence electrons. The Labute approximate surface area is 189 Å². The average molecular weight is 445 g/mol. The summed E-state index contributed by atoms with van der Waals surface area (Å²) >= 11 is 0. The molecule has 2 aromatic heterocycles. The Balaban J connectivity index is 1.26. The first-order valence-corrected chi connectivity index (χ1v) is 11.4. The summed E-state index contributed by atoms with van der Waals surface area (Å²) in [5, 5.41) is 7.70. The van der Waals surface area contributed by atoms with Crippen molar-refractivity contribution in [2.45, 2.75) is 25.7 Å². The van der Waals surface area contributed by atoms with Crippen LogP contribution in [0, 0.1) is 17.7 Å². The molecule has 1 atom stereocenters. The summed E-state index contributed by atoms with van der Waals surface area (Å²) < 4.78 is 16.5. The molecule has 8 heteroatoms. The van der Waals surface area contributed by atoms with Gasteiger partial charge in [0, 0.05) is 37.1 Å². The Kier molecular flexibility index (Phi) is 4.67. The highest BCUT2D eigenvalue weighted by Gasteiger charge is 2.37. The third-order valence-electron chi connectivity index (χ3n) is 6.81. The minimum atomic E-state index is -0.483. The third kappa shape index (κ3) is 3.65. The SMILES string of the molecule is O=C(C1CC1)N1CCC(Cc2n[nH]c(=O)n2-c2ccc(-c3ccc4[nH]ccc4c3)cc2F)C1. The van der Waals surface area contributed by atoms with E-state index < -0.39 is 11.5 Å². The van der Waals surface area contributed by atoms with Gasteiger partial charge in [-0.2, -0.15) is 5.10 Å². The van der Waals surface area contributed by atoms with Crippen molar-refractivity contribution in [2.75, 3.05) is 13.1 Å². The lowest BCUT2D eigenvalue weighted by molar-refractivity contribution is -0.131. The largest absolute Gasteiger partial charge is 0.361 e. The molecular weight excluding hydrogens is 421 g/mol. The van der Waals surface area contributed by atoms with Crippen LogP contribution in [0.3, 0.4) is 0 Å². The van der Waals surface area contributed by atoms with Crippen LogP contribution in [0.2, 0.25) is 0 Å². The number of hydrogen-bond donors (Lipinski definition) is 2. The molecule has 7 nitrogen and oxygen atoms in total. The van der Waals surface area contributed by atoms with Crippen molar-refractivity contribution in [1.82, 2.24) is 24.6 Å². The summed E-state index contributed by atoms with van der Waals surface area (Å²) in [5.74, 6) is 0.667. The summed E-state index contributed by atoms with van der Waals surface area (Å²) in [5.41, 5.74) is 2.38. The summed E-state index contributed by atoms with van der Waals surface area (Å²) in [6, 6.07) is 12.8. The molecule has 2 N–H and O–H groups in total. The van der Waals surface area contributed by atoms with Crippen LogP contribution in [0.1, 0.15) is 25.1 Å². The minimum Gasteiger partial charge on any atom is -0.361 e. The van der Waals surface area contributed by atoms with Gasteiger partial charge >= 0.3 is 5.69 Å². The standard InChI is InChI=1S/C25H24FN5O2/c26-20-13-18(17-3-5-21-19(12-17)7-9-27-21)4-6-22(20)31-23(28-29-25(31)33)11-15-8-10-30(14-15)24(32)16-1-2-16/h3-7,9,12-13,15-16,27H,1-2,8,10-11,14H2,(H,29,33). The van der Waals surface area contributed by atoms with Crippen LogP contribution in [-0.2, 0) is 11.2 Å². The monoisotopic (exact) mass is 445 g/mol. The van der Waals surface area contributed by atoms with Gasteiger partial charge in [-0.15, -0.1) is 0 Å². The van der Waals surface area contributed by atoms with E-state index >= 15 is 4.39 Å². The van der Waals surface area contributed by atoms with Crippen LogP contribution in [0.25, 0.3) is 27.7 Å². The van der Waals surface area contributed by atoms with Crippen LogP contribution < -0.4 is 5.69 Å². The summed E-state index contributed by atoms with van der Waals surface area (Å²) in [7, 11) is 0. The molecular formula is C25H24FN5O2. The fourth-order valence-corrected chi connectivity index (χ4v) is 4.86. The fraction of sp³-hybridized carbons (Fsp3) is 0.320. The van der Waals surface area contributed by atoms with Crippen molar-refractivity contribution in [3.05, 3.63) is 70.8 Å². The molecule has 1 aliphatic carbocycles. The normalized spacial score (nSPS) is 18.3. The molecule has 3 heterocycles. The maximum Gasteiger partial charge on any atom is 0.348 e. The topological polar surface area (TPSA) is 86.8 Å². The summed E-state index contributed by atoms with van der Waals surface area (Å²) in [6.45, 7) is 1.41. The van der Waals surface area contributed by atoms with Gasteiger partial charge in [0.25, 0.3) is 0 Å². The van der Waals surface area contributed by atoms with E-state index in [-0.39, 0.29) is 23.4 Å². The second-order valence-electron chi connectivity index (χ2n) is 9.14. The Hall–Kier alpha value is -3.68. The zero-order valence-corrected chi connectivity index (χ0v) is 18.1. The number of aromatic amines is 2. The number of amides is 1. The lowest BCUT2D eigenvalue weighted by Gasteiger charge is -2.16. The molecule has 2 aromatic carbocycles. The predicted molar refractivity (Wildman–Crippen MR) is 123 cm³/mol. The highest BCUT2D eigenvalue weighted by atomic mass is 19.1. The lowest BCUT2D eigenvalue weighted by atomic mass is 10.0. The number of carbonyl (C=O) groups is 1. The third-order valence-corrected chi connectivity index (χ3v) is 6.81. The van der Waals surface area contributed by atoms with Gasteiger partial charge in [-0.25, -0.2) is 18.9 Å². The van der Waals surface area contributed by atoms with Gasteiger partial charge in [0.2, 0.25) is 5.91 Å². The Morgan fingerprint density at radius 3 is 2.73 bits per heavy atom. The van der Waals surface area contributed by atoms with Crippen molar-refractivity contribution in [2.24, 2.45) is 11.8 Å². The molecule has 1 amide bonds. The number of halogens is 1. The number of likely N-dealkylation sites (tertiary alicyclic amines) is 1. The van der Waals surface area contributed by atoms with Crippen LogP contribution in [0.15, 0.2) is 53.5 Å². The van der Waals surface area contributed by atoms with Crippen molar-refractivity contribution in [3.63, 3.8) is 0 Å². The average Bonchev–Trinajstić information content (AvgIpc) is 3.21. The molecule has 6 rings (SSSR count). The van der Waals surface area contributed by atoms with Gasteiger partial charge in [0.1, 0.15) is 11.6 Å². The molecule has 4 aromatic rings. The number of nitrogens with one attached hydrogen (secondary N) is 2. The van der Waals surface area contributed by atoms with Crippen LogP contribution in [0.5, 0.6) is 0 Å². The van der Waals surface area contributed by atoms with E-state index in [1.54, 1.807) is 6.07 Å². The van der Waals surface area contributed by atoms with E-state index in [1.807, 2.05) is 41.4 Å². The number of rotatable bonds is 5. The van der Waals surface area contributed by atoms with Gasteiger partial charge in [-0.1, -0.05) is 12.1 Å². The van der Waals surface area contributed by atoms with Crippen molar-refractivity contribution < 1.29 is 9.18 Å². The Bertz CT molecular complexity index is 1410. The first kappa shape index (κ1) is 20.0. The van der Waals surface area contributed by atoms with E-state index in [9.17, 15) is 9.59 Å². The second-order valence-corrected chi connectivity index (χ2v) is 9.14. The van der Waals surface area contributed by atoms with E-state index in [1.165, 1.54) is 10.6 Å². The molecule has 1 saturated carbocycles. The van der Waals surface area contributed by atoms with Crippen LogP contribution in [-0.4, -0.2) is 43.6 Å². The van der Waals surface area contributed by atoms with E-state index in [0.29, 0.717) is 18.8 Å². The maximum absolute atomic E-state index is 15.2. The van der Waals surface area contributed by atoms with Crippen molar-refractivity contribution >= 4 is 16.8 Å².